The summed E-state index contributed by atoms with van der Waals surface area (Å²) < 4.78 is 0. The van der Waals surface area contributed by atoms with Crippen molar-refractivity contribution in [2.75, 3.05) is 0 Å². The van der Waals surface area contributed by atoms with E-state index in [1.54, 1.807) is 12.1 Å². The molecular formula is C14H8Cl2N2. The lowest BCUT2D eigenvalue weighted by molar-refractivity contribution is 1.29. The minimum atomic E-state index is 0.399. The van der Waals surface area contributed by atoms with Crippen molar-refractivity contribution in [3.8, 4) is 11.3 Å². The number of aromatic nitrogens is 2. The number of benzene rings is 2. The Hall–Kier alpha value is -1.64. The van der Waals surface area contributed by atoms with Crippen LogP contribution in [0.1, 0.15) is 0 Å². The zero-order valence-electron chi connectivity index (χ0n) is 9.27. The van der Waals surface area contributed by atoms with E-state index in [4.69, 9.17) is 23.2 Å². The molecule has 0 atom stereocenters. The molecule has 0 saturated carbocycles. The van der Waals surface area contributed by atoms with Crippen molar-refractivity contribution in [2.24, 2.45) is 0 Å². The van der Waals surface area contributed by atoms with Crippen LogP contribution in [0.15, 0.2) is 48.5 Å². The highest BCUT2D eigenvalue weighted by Crippen LogP contribution is 2.27. The largest absolute Gasteiger partial charge is 0.243 e. The van der Waals surface area contributed by atoms with Gasteiger partial charge in [0.25, 0.3) is 0 Å². The summed E-state index contributed by atoms with van der Waals surface area (Å²) in [7, 11) is 0. The third-order valence-corrected chi connectivity index (χ3v) is 3.13. The molecule has 0 aliphatic heterocycles. The fourth-order valence-electron chi connectivity index (χ4n) is 1.79. The maximum absolute atomic E-state index is 6.17. The zero-order valence-corrected chi connectivity index (χ0v) is 10.8. The van der Waals surface area contributed by atoms with Crippen LogP contribution in [-0.4, -0.2) is 9.97 Å². The maximum Gasteiger partial charge on any atom is 0.156 e. The van der Waals surface area contributed by atoms with E-state index in [1.807, 2.05) is 36.4 Å². The smallest absolute Gasteiger partial charge is 0.156 e. The van der Waals surface area contributed by atoms with Gasteiger partial charge in [0.05, 0.1) is 11.0 Å². The SMILES string of the molecule is Clc1ccc2nc(Cl)c(-c3ccccc3)nc2c1. The first-order valence-electron chi connectivity index (χ1n) is 5.42. The molecule has 0 aliphatic rings. The van der Waals surface area contributed by atoms with Gasteiger partial charge in [0.1, 0.15) is 5.69 Å². The second-order valence-electron chi connectivity index (χ2n) is 3.86. The summed E-state index contributed by atoms with van der Waals surface area (Å²) in [5.74, 6) is 0. The molecule has 2 nitrogen and oxygen atoms in total. The van der Waals surface area contributed by atoms with E-state index < -0.39 is 0 Å². The van der Waals surface area contributed by atoms with Gasteiger partial charge in [-0.25, -0.2) is 9.97 Å². The van der Waals surface area contributed by atoms with E-state index in [2.05, 4.69) is 9.97 Å². The lowest BCUT2D eigenvalue weighted by atomic mass is 10.1. The van der Waals surface area contributed by atoms with Crippen LogP contribution in [-0.2, 0) is 0 Å². The number of halogens is 2. The summed E-state index contributed by atoms with van der Waals surface area (Å²) in [5.41, 5.74) is 3.10. The highest BCUT2D eigenvalue weighted by atomic mass is 35.5. The summed E-state index contributed by atoms with van der Waals surface area (Å²) in [6.07, 6.45) is 0. The Kier molecular flexibility index (Phi) is 2.90. The highest BCUT2D eigenvalue weighted by molar-refractivity contribution is 6.32. The summed E-state index contributed by atoms with van der Waals surface area (Å²) >= 11 is 12.1. The molecule has 2 aromatic carbocycles. The average molecular weight is 275 g/mol. The normalized spacial score (nSPS) is 10.8. The molecule has 3 aromatic rings. The molecule has 1 heterocycles. The van der Waals surface area contributed by atoms with Gasteiger partial charge in [0.15, 0.2) is 5.15 Å². The molecule has 1 aromatic heterocycles. The fourth-order valence-corrected chi connectivity index (χ4v) is 2.19. The first-order valence-corrected chi connectivity index (χ1v) is 6.18. The third kappa shape index (κ3) is 2.05. The Morgan fingerprint density at radius 1 is 0.778 bits per heavy atom. The molecule has 0 unspecified atom stereocenters. The van der Waals surface area contributed by atoms with Gasteiger partial charge in [-0.3, -0.25) is 0 Å². The molecule has 18 heavy (non-hydrogen) atoms. The third-order valence-electron chi connectivity index (χ3n) is 2.63. The standard InChI is InChI=1S/C14H8Cl2N2/c15-10-6-7-11-12(8-10)17-13(14(16)18-11)9-4-2-1-3-5-9/h1-8H. The van der Waals surface area contributed by atoms with Crippen molar-refractivity contribution >= 4 is 34.2 Å². The van der Waals surface area contributed by atoms with Crippen LogP contribution in [0.5, 0.6) is 0 Å². The Balaban J connectivity index is 2.27. The van der Waals surface area contributed by atoms with Crippen molar-refractivity contribution in [2.45, 2.75) is 0 Å². The van der Waals surface area contributed by atoms with E-state index >= 15 is 0 Å². The Bertz CT molecular complexity index is 712. The van der Waals surface area contributed by atoms with Crippen molar-refractivity contribution in [3.63, 3.8) is 0 Å². The van der Waals surface area contributed by atoms with Crippen molar-refractivity contribution in [3.05, 3.63) is 58.7 Å². The van der Waals surface area contributed by atoms with Crippen LogP contribution in [0.4, 0.5) is 0 Å². The molecule has 0 spiro atoms. The molecule has 0 fully saturated rings. The number of hydrogen-bond acceptors (Lipinski definition) is 2. The molecule has 3 rings (SSSR count). The second kappa shape index (κ2) is 4.56. The van der Waals surface area contributed by atoms with Crippen LogP contribution < -0.4 is 0 Å². The quantitative estimate of drug-likeness (QED) is 0.648. The van der Waals surface area contributed by atoms with E-state index in [-0.39, 0.29) is 0 Å². The first-order chi connectivity index (χ1) is 8.74. The highest BCUT2D eigenvalue weighted by Gasteiger charge is 2.08. The van der Waals surface area contributed by atoms with E-state index in [1.165, 1.54) is 0 Å². The van der Waals surface area contributed by atoms with Crippen LogP contribution >= 0.6 is 23.2 Å². The monoisotopic (exact) mass is 274 g/mol. The van der Waals surface area contributed by atoms with Gasteiger partial charge in [-0.15, -0.1) is 0 Å². The van der Waals surface area contributed by atoms with Crippen molar-refractivity contribution < 1.29 is 0 Å². The lowest BCUT2D eigenvalue weighted by Crippen LogP contribution is -1.91. The molecule has 88 valence electrons. The summed E-state index contributed by atoms with van der Waals surface area (Å²) in [6.45, 7) is 0. The fraction of sp³-hybridized carbons (Fsp3) is 0. The molecule has 4 heteroatoms. The topological polar surface area (TPSA) is 25.8 Å². The predicted octanol–water partition coefficient (Wildman–Crippen LogP) is 4.60. The summed E-state index contributed by atoms with van der Waals surface area (Å²) in [6, 6.07) is 15.1. The predicted molar refractivity (Wildman–Crippen MR) is 75.0 cm³/mol. The first kappa shape index (κ1) is 11.5. The molecule has 0 N–H and O–H groups in total. The van der Waals surface area contributed by atoms with Crippen molar-refractivity contribution in [1.82, 2.24) is 9.97 Å². The lowest BCUT2D eigenvalue weighted by Gasteiger charge is -2.05. The Morgan fingerprint density at radius 3 is 2.33 bits per heavy atom. The van der Waals surface area contributed by atoms with Crippen LogP contribution in [0.3, 0.4) is 0 Å². The van der Waals surface area contributed by atoms with Gasteiger partial charge < -0.3 is 0 Å². The molecule has 0 amide bonds. The number of rotatable bonds is 1. The Labute approximate surface area is 114 Å². The van der Waals surface area contributed by atoms with E-state index in [0.29, 0.717) is 15.9 Å². The van der Waals surface area contributed by atoms with Gasteiger partial charge in [-0.05, 0) is 18.2 Å². The Morgan fingerprint density at radius 2 is 1.56 bits per heavy atom. The van der Waals surface area contributed by atoms with Crippen LogP contribution in [0.25, 0.3) is 22.3 Å². The average Bonchev–Trinajstić information content (AvgIpc) is 2.39. The molecular weight excluding hydrogens is 267 g/mol. The number of nitrogens with zero attached hydrogens (tertiary/aromatic N) is 2. The van der Waals surface area contributed by atoms with Gasteiger partial charge in [0, 0.05) is 10.6 Å². The molecule has 0 bridgehead atoms. The number of fused-ring (bicyclic) bond motifs is 1. The minimum Gasteiger partial charge on any atom is -0.243 e. The molecule has 0 radical (unpaired) electrons. The van der Waals surface area contributed by atoms with Crippen molar-refractivity contribution in [1.29, 1.82) is 0 Å². The van der Waals surface area contributed by atoms with Gasteiger partial charge in [-0.2, -0.15) is 0 Å². The van der Waals surface area contributed by atoms with Crippen LogP contribution in [0.2, 0.25) is 10.2 Å². The summed E-state index contributed by atoms with van der Waals surface area (Å²) in [4.78, 5) is 8.86. The van der Waals surface area contributed by atoms with Crippen LogP contribution in [0, 0.1) is 0 Å². The minimum absolute atomic E-state index is 0.399. The number of hydrogen-bond donors (Lipinski definition) is 0. The molecule has 0 saturated heterocycles. The maximum atomic E-state index is 6.17. The second-order valence-corrected chi connectivity index (χ2v) is 4.66. The molecule has 0 aliphatic carbocycles. The van der Waals surface area contributed by atoms with Gasteiger partial charge in [0.2, 0.25) is 0 Å². The van der Waals surface area contributed by atoms with E-state index in [0.717, 1.165) is 16.6 Å². The van der Waals surface area contributed by atoms with Gasteiger partial charge >= 0.3 is 0 Å². The summed E-state index contributed by atoms with van der Waals surface area (Å²) in [5, 5.41) is 1.04. The van der Waals surface area contributed by atoms with E-state index in [9.17, 15) is 0 Å². The van der Waals surface area contributed by atoms with Gasteiger partial charge in [-0.1, -0.05) is 53.5 Å². The zero-order chi connectivity index (χ0) is 12.5.